The molecule has 0 aliphatic carbocycles. The molecule has 0 aliphatic rings. The van der Waals surface area contributed by atoms with Gasteiger partial charge in [0.15, 0.2) is 0 Å². The summed E-state index contributed by atoms with van der Waals surface area (Å²) in [6.07, 6.45) is -0.443. The van der Waals surface area contributed by atoms with Crippen molar-refractivity contribution in [3.8, 4) is 0 Å². The lowest BCUT2D eigenvalue weighted by Gasteiger charge is -2.26. The van der Waals surface area contributed by atoms with Crippen LogP contribution in [-0.2, 0) is 4.74 Å². The number of nitrogens with zero attached hydrogens (tertiary/aromatic N) is 1. The number of aliphatic imine (C=N–C) groups is 1. The van der Waals surface area contributed by atoms with Crippen LogP contribution in [0, 0.1) is 0 Å². The Balaban J connectivity index is 2.20. The van der Waals surface area contributed by atoms with Gasteiger partial charge in [-0.15, -0.1) is 0 Å². The standard InChI is InChI=1S/C21H26N2O2/c1-21(2,3)25-20(24)23-15-18(22-4)19(16-11-7-5-8-12-16)17-13-9-6-10-14-17/h5-14,18-19H,4,15H2,1-3H3,(H,23,24)/t18-/m1/s1. The summed E-state index contributed by atoms with van der Waals surface area (Å²) in [4.78, 5) is 16.3. The van der Waals surface area contributed by atoms with Crippen molar-refractivity contribution in [1.82, 2.24) is 5.32 Å². The fraction of sp³-hybridized carbons (Fsp3) is 0.333. The number of ether oxygens (including phenoxy) is 1. The van der Waals surface area contributed by atoms with E-state index in [-0.39, 0.29) is 12.0 Å². The highest BCUT2D eigenvalue weighted by molar-refractivity contribution is 5.67. The lowest BCUT2D eigenvalue weighted by molar-refractivity contribution is 0.0524. The summed E-state index contributed by atoms with van der Waals surface area (Å²) in [5.74, 6) is 0.00911. The lowest BCUT2D eigenvalue weighted by Crippen LogP contribution is -2.38. The van der Waals surface area contributed by atoms with E-state index in [1.165, 1.54) is 0 Å². The van der Waals surface area contributed by atoms with E-state index in [1.54, 1.807) is 0 Å². The van der Waals surface area contributed by atoms with Crippen molar-refractivity contribution in [1.29, 1.82) is 0 Å². The van der Waals surface area contributed by atoms with Gasteiger partial charge in [0.05, 0.1) is 6.04 Å². The van der Waals surface area contributed by atoms with Gasteiger partial charge in [-0.3, -0.25) is 4.99 Å². The first kappa shape index (κ1) is 18.7. The van der Waals surface area contributed by atoms with Crippen molar-refractivity contribution in [3.63, 3.8) is 0 Å². The Morgan fingerprint density at radius 2 is 1.52 bits per heavy atom. The normalized spacial score (nSPS) is 12.5. The van der Waals surface area contributed by atoms with Gasteiger partial charge in [-0.2, -0.15) is 0 Å². The molecule has 2 rings (SSSR count). The van der Waals surface area contributed by atoms with Crippen LogP contribution in [0.15, 0.2) is 65.7 Å². The van der Waals surface area contributed by atoms with Crippen LogP contribution in [0.5, 0.6) is 0 Å². The average Bonchev–Trinajstić information content (AvgIpc) is 2.58. The molecular formula is C21H26N2O2. The molecule has 0 heterocycles. The molecule has 25 heavy (non-hydrogen) atoms. The van der Waals surface area contributed by atoms with Crippen LogP contribution in [0.3, 0.4) is 0 Å². The lowest BCUT2D eigenvalue weighted by atomic mass is 9.85. The Kier molecular flexibility index (Phi) is 6.34. The first-order chi connectivity index (χ1) is 11.9. The third-order valence-electron chi connectivity index (χ3n) is 3.79. The van der Waals surface area contributed by atoms with Crippen LogP contribution in [0.1, 0.15) is 37.8 Å². The minimum absolute atomic E-state index is 0.00911. The van der Waals surface area contributed by atoms with E-state index in [0.717, 1.165) is 11.1 Å². The molecule has 0 fully saturated rings. The summed E-state index contributed by atoms with van der Waals surface area (Å²) >= 11 is 0. The van der Waals surface area contributed by atoms with E-state index >= 15 is 0 Å². The Bertz CT molecular complexity index is 639. The van der Waals surface area contributed by atoms with E-state index in [1.807, 2.05) is 57.2 Å². The van der Waals surface area contributed by atoms with Gasteiger partial charge in [0.1, 0.15) is 5.60 Å². The molecule has 2 aromatic rings. The van der Waals surface area contributed by atoms with Crippen molar-refractivity contribution in [2.45, 2.75) is 38.3 Å². The molecule has 0 aromatic heterocycles. The number of benzene rings is 2. The van der Waals surface area contributed by atoms with Gasteiger partial charge in [0.2, 0.25) is 0 Å². The van der Waals surface area contributed by atoms with Crippen LogP contribution in [0.2, 0.25) is 0 Å². The van der Waals surface area contributed by atoms with E-state index in [0.29, 0.717) is 6.54 Å². The SMILES string of the molecule is C=N[C@H](CNC(=O)OC(C)(C)C)C(c1ccccc1)c1ccccc1. The summed E-state index contributed by atoms with van der Waals surface area (Å²) in [5, 5.41) is 2.82. The molecule has 132 valence electrons. The zero-order chi connectivity index (χ0) is 18.3. The highest BCUT2D eigenvalue weighted by Gasteiger charge is 2.25. The van der Waals surface area contributed by atoms with Gasteiger partial charge in [0, 0.05) is 12.5 Å². The third-order valence-corrected chi connectivity index (χ3v) is 3.79. The molecule has 1 amide bonds. The quantitative estimate of drug-likeness (QED) is 0.793. The van der Waals surface area contributed by atoms with Gasteiger partial charge in [-0.05, 0) is 38.6 Å². The molecule has 4 nitrogen and oxygen atoms in total. The number of hydrogen-bond donors (Lipinski definition) is 1. The maximum absolute atomic E-state index is 12.0. The van der Waals surface area contributed by atoms with Crippen LogP contribution in [-0.4, -0.2) is 31.0 Å². The zero-order valence-electron chi connectivity index (χ0n) is 15.1. The minimum Gasteiger partial charge on any atom is -0.444 e. The van der Waals surface area contributed by atoms with Gasteiger partial charge < -0.3 is 10.1 Å². The third kappa shape index (κ3) is 5.75. The van der Waals surface area contributed by atoms with Crippen LogP contribution >= 0.6 is 0 Å². The molecule has 1 atom stereocenters. The molecule has 0 spiro atoms. The number of alkyl carbamates (subject to hydrolysis) is 1. The summed E-state index contributed by atoms with van der Waals surface area (Å²) in [6, 6.07) is 20.1. The fourth-order valence-electron chi connectivity index (χ4n) is 2.75. The van der Waals surface area contributed by atoms with Crippen molar-refractivity contribution >= 4 is 12.8 Å². The largest absolute Gasteiger partial charge is 0.444 e. The summed E-state index contributed by atoms with van der Waals surface area (Å²) in [6.45, 7) is 9.62. The molecule has 1 N–H and O–H groups in total. The molecule has 0 saturated heterocycles. The second-order valence-electron chi connectivity index (χ2n) is 6.93. The molecular weight excluding hydrogens is 312 g/mol. The Hall–Kier alpha value is -2.62. The molecule has 4 heteroatoms. The number of rotatable bonds is 6. The van der Waals surface area contributed by atoms with Crippen molar-refractivity contribution in [3.05, 3.63) is 71.8 Å². The topological polar surface area (TPSA) is 50.7 Å². The van der Waals surface area contributed by atoms with E-state index in [4.69, 9.17) is 4.74 Å². The highest BCUT2D eigenvalue weighted by Crippen LogP contribution is 2.29. The minimum atomic E-state index is -0.528. The average molecular weight is 338 g/mol. The number of amides is 1. The Morgan fingerprint density at radius 3 is 1.92 bits per heavy atom. The van der Waals surface area contributed by atoms with Crippen LogP contribution < -0.4 is 5.32 Å². The van der Waals surface area contributed by atoms with Crippen LogP contribution in [0.25, 0.3) is 0 Å². The molecule has 2 aromatic carbocycles. The van der Waals surface area contributed by atoms with E-state index in [9.17, 15) is 4.79 Å². The summed E-state index contributed by atoms with van der Waals surface area (Å²) < 4.78 is 5.31. The van der Waals surface area contributed by atoms with Crippen LogP contribution in [0.4, 0.5) is 4.79 Å². The molecule has 0 unspecified atom stereocenters. The Labute approximate surface area is 149 Å². The van der Waals surface area contributed by atoms with E-state index < -0.39 is 11.7 Å². The van der Waals surface area contributed by atoms with Crippen molar-refractivity contribution in [2.75, 3.05) is 6.54 Å². The molecule has 0 bridgehead atoms. The number of nitrogens with one attached hydrogen (secondary N) is 1. The maximum atomic E-state index is 12.0. The van der Waals surface area contributed by atoms with Gasteiger partial charge in [-0.1, -0.05) is 60.7 Å². The van der Waals surface area contributed by atoms with Gasteiger partial charge >= 0.3 is 6.09 Å². The summed E-state index contributed by atoms with van der Waals surface area (Å²) in [7, 11) is 0. The predicted octanol–water partition coefficient (Wildman–Crippen LogP) is 4.41. The number of hydrogen-bond acceptors (Lipinski definition) is 3. The highest BCUT2D eigenvalue weighted by atomic mass is 16.6. The second-order valence-corrected chi connectivity index (χ2v) is 6.93. The predicted molar refractivity (Wildman–Crippen MR) is 102 cm³/mol. The monoisotopic (exact) mass is 338 g/mol. The zero-order valence-corrected chi connectivity index (χ0v) is 15.1. The fourth-order valence-corrected chi connectivity index (χ4v) is 2.75. The molecule has 0 saturated carbocycles. The maximum Gasteiger partial charge on any atom is 0.407 e. The Morgan fingerprint density at radius 1 is 1.04 bits per heavy atom. The van der Waals surface area contributed by atoms with Gasteiger partial charge in [0.25, 0.3) is 0 Å². The number of carbonyl (C=O) groups is 1. The first-order valence-corrected chi connectivity index (χ1v) is 8.43. The van der Waals surface area contributed by atoms with E-state index in [2.05, 4.69) is 41.3 Å². The second kappa shape index (κ2) is 8.47. The number of carbonyl (C=O) groups excluding carboxylic acids is 1. The molecule has 0 aliphatic heterocycles. The smallest absolute Gasteiger partial charge is 0.407 e. The van der Waals surface area contributed by atoms with Crippen molar-refractivity contribution < 1.29 is 9.53 Å². The first-order valence-electron chi connectivity index (χ1n) is 8.43. The van der Waals surface area contributed by atoms with Gasteiger partial charge in [-0.25, -0.2) is 4.79 Å². The molecule has 0 radical (unpaired) electrons. The van der Waals surface area contributed by atoms with Crippen molar-refractivity contribution in [2.24, 2.45) is 4.99 Å². The summed E-state index contributed by atoms with van der Waals surface area (Å²) in [5.41, 5.74) is 1.74.